The van der Waals surface area contributed by atoms with Crippen molar-refractivity contribution < 1.29 is 94.2 Å². The van der Waals surface area contributed by atoms with Gasteiger partial charge in [0, 0.05) is 22.6 Å². The fourth-order valence-corrected chi connectivity index (χ4v) is 10.5. The number of fused-ring (bicyclic) bond motifs is 1. The fourth-order valence-electron chi connectivity index (χ4n) is 6.56. The fraction of sp³-hybridized carbons (Fsp3) is 0.250. The van der Waals surface area contributed by atoms with Gasteiger partial charge in [0.1, 0.15) is 40.3 Å². The summed E-state index contributed by atoms with van der Waals surface area (Å²) < 4.78 is 104. The van der Waals surface area contributed by atoms with E-state index in [0.717, 1.165) is 12.1 Å². The number of sulfonamides is 1. The van der Waals surface area contributed by atoms with E-state index < -0.39 is 165 Å². The van der Waals surface area contributed by atoms with Crippen LogP contribution < -0.4 is 29.4 Å². The molecule has 5 rings (SSSR count). The van der Waals surface area contributed by atoms with Crippen molar-refractivity contribution in [1.29, 1.82) is 5.26 Å². The summed E-state index contributed by atoms with van der Waals surface area (Å²) in [6, 6.07) is 12.1. The lowest BCUT2D eigenvalue weighted by atomic mass is 9.98. The first-order valence-electron chi connectivity index (χ1n) is 20.4. The molecule has 0 aliphatic rings. The van der Waals surface area contributed by atoms with Gasteiger partial charge in [-0.05, 0) is 78.6 Å². The van der Waals surface area contributed by atoms with Gasteiger partial charge in [-0.2, -0.15) is 9.98 Å². The zero-order valence-corrected chi connectivity index (χ0v) is 39.4. The Hall–Kier alpha value is -7.56. The Bertz CT molecular complexity index is 3020. The Morgan fingerprint density at radius 1 is 0.704 bits per heavy atom. The Morgan fingerprint density at radius 2 is 1.17 bits per heavy atom. The number of hydrogen-bond donors (Lipinski definition) is 8. The molecule has 71 heavy (non-hydrogen) atoms. The largest absolute Gasteiger partial charge is 0.482 e. The molecule has 4 aromatic carbocycles. The summed E-state index contributed by atoms with van der Waals surface area (Å²) in [5.74, 6) is -13.1. The average Bonchev–Trinajstić information content (AvgIpc) is 3.75. The third-order valence-electron chi connectivity index (χ3n) is 9.82. The number of benzene rings is 4. The number of halogens is 3. The highest BCUT2D eigenvalue weighted by molar-refractivity contribution is 7.92. The maximum absolute atomic E-state index is 16.7. The van der Waals surface area contributed by atoms with Crippen LogP contribution in [0.1, 0.15) is 62.4 Å². The molecular weight excluding hydrogens is 1010 g/mol. The van der Waals surface area contributed by atoms with Gasteiger partial charge in [0.25, 0.3) is 21.8 Å². The second kappa shape index (κ2) is 22.9. The summed E-state index contributed by atoms with van der Waals surface area (Å²) in [5.41, 5.74) is -0.250. The highest BCUT2D eigenvalue weighted by Crippen LogP contribution is 2.46. The number of hydrogen-bond acceptors (Lipinski definition) is 14. The molecule has 3 unspecified atom stereocenters. The molecule has 1 aromatic heterocycles. The number of carboxylic acids is 4. The van der Waals surface area contributed by atoms with E-state index in [1.807, 2.05) is 0 Å². The number of nitrogens with one attached hydrogen (secondary N) is 3. The van der Waals surface area contributed by atoms with Gasteiger partial charge in [-0.3, -0.25) is 28.8 Å². The minimum absolute atomic E-state index is 0.0391. The van der Waals surface area contributed by atoms with Crippen LogP contribution in [0.2, 0.25) is 0 Å². The quantitative estimate of drug-likeness (QED) is 0.0392. The summed E-state index contributed by atoms with van der Waals surface area (Å²) in [4.78, 5) is 82.2. The molecule has 0 spiro atoms. The van der Waals surface area contributed by atoms with Gasteiger partial charge >= 0.3 is 31.5 Å². The molecular formula is C44H40F3N4O17PS2. The molecule has 8 N–H and O–H groups in total. The number of thiophene rings is 1. The first kappa shape index (κ1) is 54.4. The van der Waals surface area contributed by atoms with E-state index in [0.29, 0.717) is 12.1 Å². The van der Waals surface area contributed by atoms with E-state index in [1.165, 1.54) is 56.3 Å². The molecule has 5 aromatic rings. The molecule has 27 heteroatoms. The lowest BCUT2D eigenvalue weighted by molar-refractivity contribution is -0.137. The number of carbonyl (C=O) groups excluding carboxylic acids is 2. The van der Waals surface area contributed by atoms with Crippen LogP contribution >= 0.6 is 18.9 Å². The summed E-state index contributed by atoms with van der Waals surface area (Å²) in [6.45, 7) is 1.71. The second-order valence-electron chi connectivity index (χ2n) is 15.4. The maximum Gasteiger partial charge on any atom is 0.391 e. The van der Waals surface area contributed by atoms with E-state index in [9.17, 15) is 71.5 Å². The molecule has 376 valence electrons. The Labute approximate surface area is 404 Å². The van der Waals surface area contributed by atoms with Crippen molar-refractivity contribution in [1.82, 2.24) is 15.4 Å². The molecule has 2 amide bonds. The summed E-state index contributed by atoms with van der Waals surface area (Å²) in [7, 11) is -9.84. The Kier molecular flexibility index (Phi) is 17.5. The molecule has 0 saturated carbocycles. The predicted octanol–water partition coefficient (Wildman–Crippen LogP) is 4.59. The van der Waals surface area contributed by atoms with Crippen LogP contribution in [0.4, 0.5) is 13.2 Å². The highest BCUT2D eigenvalue weighted by Gasteiger charge is 2.32. The second-order valence-corrected chi connectivity index (χ2v) is 20.2. The predicted molar refractivity (Wildman–Crippen MR) is 242 cm³/mol. The van der Waals surface area contributed by atoms with E-state index in [1.54, 1.807) is 4.72 Å². The lowest BCUT2D eigenvalue weighted by Gasteiger charge is -2.22. The zero-order valence-electron chi connectivity index (χ0n) is 36.9. The molecule has 0 aliphatic carbocycles. The third kappa shape index (κ3) is 14.5. The van der Waals surface area contributed by atoms with Crippen molar-refractivity contribution in [2.45, 2.75) is 55.9 Å². The number of carbonyl (C=O) groups is 6. The van der Waals surface area contributed by atoms with Crippen molar-refractivity contribution >= 4 is 74.7 Å². The minimum Gasteiger partial charge on any atom is -0.482 e. The van der Waals surface area contributed by atoms with Crippen molar-refractivity contribution in [3.63, 3.8) is 0 Å². The van der Waals surface area contributed by atoms with E-state index >= 15 is 8.78 Å². The van der Waals surface area contributed by atoms with Crippen molar-refractivity contribution in [2.75, 3.05) is 19.4 Å². The van der Waals surface area contributed by atoms with Crippen molar-refractivity contribution in [2.24, 2.45) is 0 Å². The van der Waals surface area contributed by atoms with Gasteiger partial charge < -0.3 is 50.0 Å². The molecule has 0 radical (unpaired) electrons. The van der Waals surface area contributed by atoms with Crippen LogP contribution in [0.5, 0.6) is 17.2 Å². The smallest absolute Gasteiger partial charge is 0.391 e. The number of nitrogens with zero attached hydrogens (tertiary/aromatic N) is 1. The number of aliphatic carboxylic acids is 4. The minimum atomic E-state index is -4.95. The normalized spacial score (nSPS) is 13.0. The van der Waals surface area contributed by atoms with Gasteiger partial charge in [-0.1, -0.05) is 12.1 Å². The monoisotopic (exact) mass is 1050 g/mol. The lowest BCUT2D eigenvalue weighted by Crippen LogP contribution is -2.35. The van der Waals surface area contributed by atoms with E-state index in [-0.39, 0.29) is 44.7 Å². The van der Waals surface area contributed by atoms with Crippen LogP contribution in [0, 0.1) is 28.8 Å². The van der Waals surface area contributed by atoms with Crippen LogP contribution in [-0.2, 0) is 59.4 Å². The first-order valence-corrected chi connectivity index (χ1v) is 24.5. The molecule has 21 nitrogen and oxygen atoms in total. The summed E-state index contributed by atoms with van der Waals surface area (Å²) in [5, 5.41) is 50.3. The third-order valence-corrected chi connectivity index (χ3v) is 14.1. The maximum atomic E-state index is 16.7. The van der Waals surface area contributed by atoms with Gasteiger partial charge in [0.2, 0.25) is 11.5 Å². The van der Waals surface area contributed by atoms with Crippen LogP contribution in [0.3, 0.4) is 0 Å². The molecule has 3 atom stereocenters. The molecule has 0 bridgehead atoms. The van der Waals surface area contributed by atoms with E-state index in [2.05, 4.69) is 10.6 Å². The topological polar surface area (TPSA) is 342 Å². The van der Waals surface area contributed by atoms with Crippen LogP contribution in [-0.4, -0.2) is 101 Å². The standard InChI is InChI=1S/C44H40F3N4O17PS2/c1-21(18-49-43(60)25-5-3-23(11-33(52)53)28(9-25)13-35(56)57)66-40-38(46)31-16-37(71(64,65)51-20-69(62,63)68-30-8-7-27(17-48)32(45)15-30)70-42(31)39(47)41(40)67-22(2)19-50-44(61)26-6-4-24(12-34(54)55)29(10-26)14-36(58)59/h3-10,15-16,21-22,51H,11-14,18-20H2,1-2H3,(H,49,60)(H,50,61)(H,52,53)(H,54,55)(H,56,57)(H,58,59)(H,62,63). The first-order chi connectivity index (χ1) is 33.3. The van der Waals surface area contributed by atoms with Crippen molar-refractivity contribution in [3.8, 4) is 23.3 Å². The number of nitriles is 1. The van der Waals surface area contributed by atoms with Crippen LogP contribution in [0.25, 0.3) is 10.1 Å². The zero-order chi connectivity index (χ0) is 52.5. The highest BCUT2D eigenvalue weighted by atomic mass is 32.2. The molecule has 0 aliphatic heterocycles. The molecule has 0 saturated heterocycles. The van der Waals surface area contributed by atoms with Crippen molar-refractivity contribution in [3.05, 3.63) is 117 Å². The summed E-state index contributed by atoms with van der Waals surface area (Å²) >= 11 is 0.153. The Morgan fingerprint density at radius 3 is 1.62 bits per heavy atom. The number of rotatable bonds is 24. The number of amides is 2. The molecule has 0 fully saturated rings. The van der Waals surface area contributed by atoms with Gasteiger partial charge in [0.15, 0.2) is 11.6 Å². The summed E-state index contributed by atoms with van der Waals surface area (Å²) in [6.07, 6.45) is -6.14. The van der Waals surface area contributed by atoms with E-state index in [4.69, 9.17) is 19.3 Å². The average molecular weight is 1050 g/mol. The SMILES string of the molecule is CC(CNC(=O)c1ccc(CC(=O)O)c(CC(=O)O)c1)Oc1c(OC(C)CNC(=O)c2ccc(CC(=O)O)c(CC(=O)O)c2)c(F)c2sc(S(=O)(=O)NCP(=O)(O)Oc3ccc(C#N)c(F)c3)cc2c1F. The molecule has 1 heterocycles. The number of ether oxygens (including phenoxy) is 2. The van der Waals surface area contributed by atoms with Crippen LogP contribution in [0.15, 0.2) is 64.9 Å². The van der Waals surface area contributed by atoms with Gasteiger partial charge in [-0.25, -0.2) is 26.2 Å². The van der Waals surface area contributed by atoms with Gasteiger partial charge in [0.05, 0.1) is 49.0 Å². The van der Waals surface area contributed by atoms with Gasteiger partial charge in [-0.15, -0.1) is 11.3 Å². The number of carboxylic acid groups (broad SMARTS) is 4. The Balaban J connectivity index is 1.42.